The van der Waals surface area contributed by atoms with E-state index in [9.17, 15) is 26.4 Å². The lowest BCUT2D eigenvalue weighted by molar-refractivity contribution is -0.186. The standard InChI is InChI=1S/C16H15F3N4O3S/c1-10-4-6-20-15(21-10)22-27(25,26)13-3-2-11-5-7-23(9-12(11)8-13)14(24)16(17,18)19/h2-4,6,8H,5,7,9H2,1H3,(H,20,21,22). The third kappa shape index (κ3) is 4.18. The highest BCUT2D eigenvalue weighted by Crippen LogP contribution is 2.27. The van der Waals surface area contributed by atoms with Gasteiger partial charge in [0.15, 0.2) is 0 Å². The summed E-state index contributed by atoms with van der Waals surface area (Å²) in [4.78, 5) is 19.7. The summed E-state index contributed by atoms with van der Waals surface area (Å²) >= 11 is 0. The molecule has 1 amide bonds. The maximum atomic E-state index is 12.6. The van der Waals surface area contributed by atoms with Crippen molar-refractivity contribution in [2.75, 3.05) is 11.3 Å². The Hall–Kier alpha value is -2.69. The third-order valence-electron chi connectivity index (χ3n) is 4.05. The number of hydrogen-bond acceptors (Lipinski definition) is 5. The van der Waals surface area contributed by atoms with Gasteiger partial charge in [-0.05, 0) is 42.7 Å². The molecule has 1 aromatic carbocycles. The lowest BCUT2D eigenvalue weighted by Gasteiger charge is -2.29. The van der Waals surface area contributed by atoms with Crippen molar-refractivity contribution in [3.8, 4) is 0 Å². The van der Waals surface area contributed by atoms with Crippen LogP contribution in [0.15, 0.2) is 35.4 Å². The van der Waals surface area contributed by atoms with E-state index >= 15 is 0 Å². The number of anilines is 1. The quantitative estimate of drug-likeness (QED) is 0.851. The van der Waals surface area contributed by atoms with Gasteiger partial charge in [0, 0.05) is 25.0 Å². The molecule has 3 rings (SSSR count). The van der Waals surface area contributed by atoms with Gasteiger partial charge < -0.3 is 4.90 Å². The van der Waals surface area contributed by atoms with Crippen molar-refractivity contribution in [3.63, 3.8) is 0 Å². The molecule has 0 radical (unpaired) electrons. The molecule has 7 nitrogen and oxygen atoms in total. The molecular weight excluding hydrogens is 385 g/mol. The molecule has 1 aliphatic heterocycles. The zero-order chi connectivity index (χ0) is 19.8. The molecule has 0 saturated carbocycles. The van der Waals surface area contributed by atoms with Gasteiger partial charge in [0.2, 0.25) is 5.95 Å². The van der Waals surface area contributed by atoms with Gasteiger partial charge in [-0.1, -0.05) is 6.07 Å². The van der Waals surface area contributed by atoms with E-state index in [0.29, 0.717) is 21.7 Å². The highest BCUT2D eigenvalue weighted by atomic mass is 32.2. The molecule has 0 bridgehead atoms. The first-order valence-electron chi connectivity index (χ1n) is 7.86. The van der Waals surface area contributed by atoms with Gasteiger partial charge in [-0.3, -0.25) is 4.79 Å². The molecule has 27 heavy (non-hydrogen) atoms. The number of sulfonamides is 1. The van der Waals surface area contributed by atoms with Crippen LogP contribution in [-0.4, -0.2) is 41.9 Å². The second-order valence-corrected chi connectivity index (χ2v) is 7.71. The van der Waals surface area contributed by atoms with Crippen molar-refractivity contribution in [1.82, 2.24) is 14.9 Å². The summed E-state index contributed by atoms with van der Waals surface area (Å²) in [5.41, 5.74) is 1.62. The third-order valence-corrected chi connectivity index (χ3v) is 5.38. The first-order valence-corrected chi connectivity index (χ1v) is 9.35. The van der Waals surface area contributed by atoms with Gasteiger partial charge in [-0.15, -0.1) is 0 Å². The fourth-order valence-corrected chi connectivity index (χ4v) is 3.73. The Morgan fingerprint density at radius 3 is 2.63 bits per heavy atom. The second-order valence-electron chi connectivity index (χ2n) is 6.03. The molecule has 0 saturated heterocycles. The zero-order valence-electron chi connectivity index (χ0n) is 14.1. The maximum Gasteiger partial charge on any atom is 0.471 e. The molecule has 1 aromatic heterocycles. The van der Waals surface area contributed by atoms with E-state index in [0.717, 1.165) is 0 Å². The van der Waals surface area contributed by atoms with E-state index in [4.69, 9.17) is 0 Å². The SMILES string of the molecule is Cc1ccnc(NS(=O)(=O)c2ccc3c(c2)CN(C(=O)C(F)(F)F)CC3)n1. The molecule has 2 heterocycles. The van der Waals surface area contributed by atoms with Crippen molar-refractivity contribution in [2.45, 2.75) is 31.0 Å². The molecule has 0 atom stereocenters. The summed E-state index contributed by atoms with van der Waals surface area (Å²) in [6, 6.07) is 5.76. The van der Waals surface area contributed by atoms with Crippen molar-refractivity contribution in [1.29, 1.82) is 0 Å². The van der Waals surface area contributed by atoms with Crippen LogP contribution in [-0.2, 0) is 27.8 Å². The Labute approximate surface area is 153 Å². The van der Waals surface area contributed by atoms with E-state index in [1.54, 1.807) is 13.0 Å². The lowest BCUT2D eigenvalue weighted by atomic mass is 10.00. The number of carbonyl (C=O) groups excluding carboxylic acids is 1. The fraction of sp³-hybridized carbons (Fsp3) is 0.312. The van der Waals surface area contributed by atoms with Gasteiger partial charge in [0.25, 0.3) is 10.0 Å². The Bertz CT molecular complexity index is 993. The number of rotatable bonds is 3. The van der Waals surface area contributed by atoms with Crippen LogP contribution in [0.5, 0.6) is 0 Å². The minimum absolute atomic E-state index is 0.0766. The summed E-state index contributed by atoms with van der Waals surface area (Å²) in [7, 11) is -4.03. The predicted octanol–water partition coefficient (Wildman–Crippen LogP) is 2.03. The van der Waals surface area contributed by atoms with Gasteiger partial charge in [-0.2, -0.15) is 13.2 Å². The van der Waals surface area contributed by atoms with Crippen molar-refractivity contribution in [3.05, 3.63) is 47.3 Å². The van der Waals surface area contributed by atoms with Gasteiger partial charge in [-0.25, -0.2) is 23.1 Å². The van der Waals surface area contributed by atoms with Crippen LogP contribution in [0.2, 0.25) is 0 Å². The minimum Gasteiger partial charge on any atom is -0.330 e. The summed E-state index contributed by atoms with van der Waals surface area (Å²) in [5.74, 6) is -2.05. The molecule has 1 N–H and O–H groups in total. The molecule has 11 heteroatoms. The number of fused-ring (bicyclic) bond motifs is 1. The molecular formula is C16H15F3N4O3S. The maximum absolute atomic E-state index is 12.6. The van der Waals surface area contributed by atoms with Crippen molar-refractivity contribution < 1.29 is 26.4 Å². The Kier molecular flexibility index (Phi) is 4.81. The van der Waals surface area contributed by atoms with E-state index in [2.05, 4.69) is 14.7 Å². The number of nitrogens with zero attached hydrogens (tertiary/aromatic N) is 3. The van der Waals surface area contributed by atoms with Crippen LogP contribution in [0.4, 0.5) is 19.1 Å². The molecule has 0 unspecified atom stereocenters. The highest BCUT2D eigenvalue weighted by molar-refractivity contribution is 7.92. The van der Waals surface area contributed by atoms with Crippen molar-refractivity contribution in [2.24, 2.45) is 0 Å². The van der Waals surface area contributed by atoms with Crippen LogP contribution in [0, 0.1) is 6.92 Å². The van der Waals surface area contributed by atoms with Crippen LogP contribution < -0.4 is 4.72 Å². The average Bonchev–Trinajstić information content (AvgIpc) is 2.59. The smallest absolute Gasteiger partial charge is 0.330 e. The molecule has 2 aromatic rings. The number of aryl methyl sites for hydroxylation is 1. The first kappa shape index (κ1) is 19.1. The largest absolute Gasteiger partial charge is 0.471 e. The summed E-state index contributed by atoms with van der Waals surface area (Å²) in [6.07, 6.45) is -3.36. The number of amides is 1. The molecule has 0 fully saturated rings. The Morgan fingerprint density at radius 2 is 1.96 bits per heavy atom. The fourth-order valence-electron chi connectivity index (χ4n) is 2.73. The predicted molar refractivity (Wildman–Crippen MR) is 89.2 cm³/mol. The molecule has 0 spiro atoms. The van der Waals surface area contributed by atoms with E-state index in [1.165, 1.54) is 24.4 Å². The number of hydrogen-bond donors (Lipinski definition) is 1. The molecule has 0 aliphatic carbocycles. The van der Waals surface area contributed by atoms with Gasteiger partial charge >= 0.3 is 12.1 Å². The van der Waals surface area contributed by atoms with Gasteiger partial charge in [0.05, 0.1) is 4.90 Å². The van der Waals surface area contributed by atoms with Crippen LogP contribution in [0.25, 0.3) is 0 Å². The number of alkyl halides is 3. The van der Waals surface area contributed by atoms with Crippen LogP contribution in [0.3, 0.4) is 0 Å². The van der Waals surface area contributed by atoms with E-state index < -0.39 is 22.1 Å². The number of nitrogens with one attached hydrogen (secondary N) is 1. The number of benzene rings is 1. The Morgan fingerprint density at radius 1 is 1.22 bits per heavy atom. The van der Waals surface area contributed by atoms with Crippen LogP contribution in [0.1, 0.15) is 16.8 Å². The van der Waals surface area contributed by atoms with Crippen molar-refractivity contribution >= 4 is 21.9 Å². The zero-order valence-corrected chi connectivity index (χ0v) is 14.9. The van der Waals surface area contributed by atoms with Gasteiger partial charge in [0.1, 0.15) is 0 Å². The number of halogens is 3. The van der Waals surface area contributed by atoms with E-state index in [-0.39, 0.29) is 30.4 Å². The lowest BCUT2D eigenvalue weighted by Crippen LogP contribution is -2.43. The molecule has 144 valence electrons. The Balaban J connectivity index is 1.86. The summed E-state index contributed by atoms with van der Waals surface area (Å²) in [6.45, 7) is 1.29. The van der Waals surface area contributed by atoms with Crippen LogP contribution >= 0.6 is 0 Å². The second kappa shape index (κ2) is 6.80. The summed E-state index contributed by atoms with van der Waals surface area (Å²) in [5, 5.41) is 0. The summed E-state index contributed by atoms with van der Waals surface area (Å²) < 4.78 is 65.2. The average molecular weight is 400 g/mol. The first-order chi connectivity index (χ1) is 12.6. The topological polar surface area (TPSA) is 92.3 Å². The number of aromatic nitrogens is 2. The normalized spacial score (nSPS) is 14.6. The van der Waals surface area contributed by atoms with E-state index in [1.807, 2.05) is 0 Å². The monoisotopic (exact) mass is 400 g/mol. The minimum atomic E-state index is -4.97. The number of carbonyl (C=O) groups is 1. The molecule has 1 aliphatic rings. The highest BCUT2D eigenvalue weighted by Gasteiger charge is 2.43.